The number of aromatic nitrogens is 1. The highest BCUT2D eigenvalue weighted by Gasteiger charge is 2.16. The van der Waals surface area contributed by atoms with Crippen LogP contribution in [0.4, 0.5) is 0 Å². The van der Waals surface area contributed by atoms with Crippen LogP contribution < -0.4 is 0 Å². The zero-order valence-corrected chi connectivity index (χ0v) is 13.2. The topological polar surface area (TPSA) is 22.0 Å². The second-order valence-electron chi connectivity index (χ2n) is 5.19. The van der Waals surface area contributed by atoms with E-state index in [0.29, 0.717) is 5.56 Å². The lowest BCUT2D eigenvalue weighted by atomic mass is 10.2. The van der Waals surface area contributed by atoms with Crippen LogP contribution in [0.5, 0.6) is 0 Å². The molecule has 3 aromatic carbocycles. The molecular formula is C19H12BrNO. The van der Waals surface area contributed by atoms with E-state index in [1.165, 1.54) is 0 Å². The van der Waals surface area contributed by atoms with Crippen LogP contribution in [0.1, 0.15) is 10.4 Å². The number of para-hydroxylation sites is 2. The third-order valence-corrected chi connectivity index (χ3v) is 4.35. The van der Waals surface area contributed by atoms with Gasteiger partial charge < -0.3 is 0 Å². The Labute approximate surface area is 136 Å². The van der Waals surface area contributed by atoms with E-state index in [-0.39, 0.29) is 5.91 Å². The molecule has 4 aromatic rings. The van der Waals surface area contributed by atoms with E-state index in [1.807, 2.05) is 60.7 Å². The predicted octanol–water partition coefficient (Wildman–Crippen LogP) is 5.25. The Morgan fingerprint density at radius 3 is 1.95 bits per heavy atom. The molecule has 0 aliphatic rings. The second kappa shape index (κ2) is 5.11. The van der Waals surface area contributed by atoms with Gasteiger partial charge in [0.15, 0.2) is 0 Å². The van der Waals surface area contributed by atoms with E-state index in [9.17, 15) is 4.79 Å². The van der Waals surface area contributed by atoms with E-state index in [1.54, 1.807) is 4.57 Å². The third-order valence-electron chi connectivity index (χ3n) is 3.85. The lowest BCUT2D eigenvalue weighted by Gasteiger charge is -2.06. The van der Waals surface area contributed by atoms with Crippen molar-refractivity contribution in [3.63, 3.8) is 0 Å². The summed E-state index contributed by atoms with van der Waals surface area (Å²) in [5, 5.41) is 2.20. The fraction of sp³-hybridized carbons (Fsp3) is 0. The van der Waals surface area contributed by atoms with Crippen molar-refractivity contribution in [1.29, 1.82) is 0 Å². The number of rotatable bonds is 1. The molecule has 2 nitrogen and oxygen atoms in total. The molecule has 1 heterocycles. The molecule has 0 aliphatic carbocycles. The largest absolute Gasteiger partial charge is 0.276 e. The predicted molar refractivity (Wildman–Crippen MR) is 93.3 cm³/mol. The maximum atomic E-state index is 13.0. The van der Waals surface area contributed by atoms with E-state index in [2.05, 4.69) is 28.1 Å². The van der Waals surface area contributed by atoms with Gasteiger partial charge in [-0.1, -0.05) is 58.4 Å². The summed E-state index contributed by atoms with van der Waals surface area (Å²) in [7, 11) is 0. The Morgan fingerprint density at radius 1 is 0.773 bits per heavy atom. The Kier molecular flexibility index (Phi) is 3.09. The lowest BCUT2D eigenvalue weighted by Crippen LogP contribution is -2.11. The summed E-state index contributed by atoms with van der Waals surface area (Å²) in [6, 6.07) is 23.5. The van der Waals surface area contributed by atoms with Gasteiger partial charge in [-0.05, 0) is 30.3 Å². The summed E-state index contributed by atoms with van der Waals surface area (Å²) < 4.78 is 2.70. The van der Waals surface area contributed by atoms with E-state index in [4.69, 9.17) is 0 Å². The van der Waals surface area contributed by atoms with Crippen LogP contribution in [0.25, 0.3) is 21.8 Å². The monoisotopic (exact) mass is 349 g/mol. The van der Waals surface area contributed by atoms with Crippen molar-refractivity contribution in [2.45, 2.75) is 0 Å². The molecule has 0 amide bonds. The van der Waals surface area contributed by atoms with Gasteiger partial charge in [-0.15, -0.1) is 0 Å². The zero-order chi connectivity index (χ0) is 15.1. The number of nitrogens with zero attached hydrogens (tertiary/aromatic N) is 1. The molecule has 0 saturated carbocycles. The average molecular weight is 350 g/mol. The molecule has 0 unspecified atom stereocenters. The summed E-state index contributed by atoms with van der Waals surface area (Å²) >= 11 is 3.43. The molecule has 0 saturated heterocycles. The maximum absolute atomic E-state index is 13.0. The smallest absolute Gasteiger partial charge is 0.262 e. The number of halogens is 1. The SMILES string of the molecule is O=C(c1cccc(Br)c1)n1c2ccccc2c2ccccc21. The summed E-state index contributed by atoms with van der Waals surface area (Å²) in [4.78, 5) is 13.0. The van der Waals surface area contributed by atoms with Crippen molar-refractivity contribution in [2.75, 3.05) is 0 Å². The van der Waals surface area contributed by atoms with Gasteiger partial charge in [0.05, 0.1) is 11.0 Å². The molecule has 0 bridgehead atoms. The molecule has 4 rings (SSSR count). The molecule has 0 atom stereocenters. The number of benzene rings is 3. The molecule has 1 aromatic heterocycles. The van der Waals surface area contributed by atoms with Crippen molar-refractivity contribution in [1.82, 2.24) is 4.57 Å². The standard InChI is InChI=1S/C19H12BrNO/c20-14-7-5-6-13(12-14)19(22)21-17-10-3-1-8-15(17)16-9-2-4-11-18(16)21/h1-12H. The molecule has 106 valence electrons. The van der Waals surface area contributed by atoms with E-state index in [0.717, 1.165) is 26.3 Å². The van der Waals surface area contributed by atoms with Crippen molar-refractivity contribution in [2.24, 2.45) is 0 Å². The van der Waals surface area contributed by atoms with Gasteiger partial charge in [-0.3, -0.25) is 9.36 Å². The van der Waals surface area contributed by atoms with Crippen molar-refractivity contribution in [3.05, 3.63) is 82.8 Å². The first-order valence-electron chi connectivity index (χ1n) is 7.04. The normalized spacial score (nSPS) is 11.1. The van der Waals surface area contributed by atoms with Crippen LogP contribution in [0.2, 0.25) is 0 Å². The van der Waals surface area contributed by atoms with Crippen LogP contribution in [0.15, 0.2) is 77.3 Å². The Bertz CT molecular complexity index is 963. The third kappa shape index (κ3) is 1.97. The molecule has 0 aliphatic heterocycles. The molecule has 0 N–H and O–H groups in total. The highest BCUT2D eigenvalue weighted by Crippen LogP contribution is 2.29. The van der Waals surface area contributed by atoms with E-state index < -0.39 is 0 Å². The Balaban J connectivity index is 2.06. The van der Waals surface area contributed by atoms with Gasteiger partial charge >= 0.3 is 0 Å². The molecule has 0 radical (unpaired) electrons. The van der Waals surface area contributed by atoms with Crippen molar-refractivity contribution < 1.29 is 4.79 Å². The zero-order valence-electron chi connectivity index (χ0n) is 11.7. The molecule has 22 heavy (non-hydrogen) atoms. The molecule has 3 heteroatoms. The summed E-state index contributed by atoms with van der Waals surface area (Å²) in [5.41, 5.74) is 2.54. The van der Waals surface area contributed by atoms with Gasteiger partial charge in [-0.2, -0.15) is 0 Å². The lowest BCUT2D eigenvalue weighted by molar-refractivity contribution is 0.0969. The number of hydrogen-bond donors (Lipinski definition) is 0. The van der Waals surface area contributed by atoms with Gasteiger partial charge in [0.1, 0.15) is 0 Å². The first-order valence-corrected chi connectivity index (χ1v) is 7.83. The first kappa shape index (κ1) is 13.3. The number of carbonyl (C=O) groups excluding carboxylic acids is 1. The summed E-state index contributed by atoms with van der Waals surface area (Å²) in [6.07, 6.45) is 0. The Hall–Kier alpha value is -2.39. The number of fused-ring (bicyclic) bond motifs is 3. The minimum atomic E-state index is -0.0151. The van der Waals surface area contributed by atoms with Crippen molar-refractivity contribution in [3.8, 4) is 0 Å². The maximum Gasteiger partial charge on any atom is 0.262 e. The van der Waals surface area contributed by atoms with Crippen molar-refractivity contribution >= 4 is 43.6 Å². The highest BCUT2D eigenvalue weighted by molar-refractivity contribution is 9.10. The van der Waals surface area contributed by atoms with Crippen LogP contribution >= 0.6 is 15.9 Å². The van der Waals surface area contributed by atoms with E-state index >= 15 is 0 Å². The fourth-order valence-electron chi connectivity index (χ4n) is 2.89. The first-order chi connectivity index (χ1) is 10.8. The summed E-state index contributed by atoms with van der Waals surface area (Å²) in [5.74, 6) is -0.0151. The minimum absolute atomic E-state index is 0.0151. The summed E-state index contributed by atoms with van der Waals surface area (Å²) in [6.45, 7) is 0. The average Bonchev–Trinajstić information content (AvgIpc) is 2.89. The number of hydrogen-bond acceptors (Lipinski definition) is 1. The molecule has 0 spiro atoms. The quantitative estimate of drug-likeness (QED) is 0.460. The second-order valence-corrected chi connectivity index (χ2v) is 6.10. The van der Waals surface area contributed by atoms with Crippen LogP contribution in [-0.2, 0) is 0 Å². The van der Waals surface area contributed by atoms with Crippen LogP contribution in [0.3, 0.4) is 0 Å². The van der Waals surface area contributed by atoms with Crippen LogP contribution in [-0.4, -0.2) is 10.5 Å². The molecule has 0 fully saturated rings. The Morgan fingerprint density at radius 2 is 1.36 bits per heavy atom. The highest BCUT2D eigenvalue weighted by atomic mass is 79.9. The van der Waals surface area contributed by atoms with Crippen LogP contribution in [0, 0.1) is 0 Å². The van der Waals surface area contributed by atoms with Gasteiger partial charge in [-0.25, -0.2) is 0 Å². The fourth-order valence-corrected chi connectivity index (χ4v) is 3.29. The number of carbonyl (C=O) groups is 1. The van der Waals surface area contributed by atoms with Gasteiger partial charge in [0.25, 0.3) is 5.91 Å². The van der Waals surface area contributed by atoms with Gasteiger partial charge in [0, 0.05) is 20.8 Å². The molecular weight excluding hydrogens is 338 g/mol. The minimum Gasteiger partial charge on any atom is -0.276 e. The van der Waals surface area contributed by atoms with Gasteiger partial charge in [0.2, 0.25) is 0 Å².